The topological polar surface area (TPSA) is 113 Å². The number of amides is 2. The summed E-state index contributed by atoms with van der Waals surface area (Å²) in [7, 11) is 3.54. The highest BCUT2D eigenvalue weighted by Crippen LogP contribution is 2.28. The van der Waals surface area contributed by atoms with Gasteiger partial charge in [0.2, 0.25) is 5.95 Å². The van der Waals surface area contributed by atoms with Crippen molar-refractivity contribution in [1.82, 2.24) is 34.9 Å². The van der Waals surface area contributed by atoms with Crippen molar-refractivity contribution in [3.8, 4) is 17.4 Å². The lowest BCUT2D eigenvalue weighted by Gasteiger charge is -2.27. The molecule has 33 heavy (non-hydrogen) atoms. The molecule has 2 aromatic heterocycles. The lowest BCUT2D eigenvalue weighted by Crippen LogP contribution is -2.38. The number of aromatic amines is 1. The number of likely N-dealkylation sites (tertiary alicyclic amines) is 1. The van der Waals surface area contributed by atoms with Crippen LogP contribution in [0.4, 0.5) is 10.7 Å². The minimum Gasteiger partial charge on any atom is -0.463 e. The molecule has 0 saturated carbocycles. The molecule has 2 aliphatic rings. The summed E-state index contributed by atoms with van der Waals surface area (Å²) in [5.74, 6) is 1.36. The Morgan fingerprint density at radius 3 is 2.88 bits per heavy atom. The Bertz CT molecular complexity index is 1130. The fourth-order valence-corrected chi connectivity index (χ4v) is 4.22. The third-order valence-electron chi connectivity index (χ3n) is 6.01. The van der Waals surface area contributed by atoms with Gasteiger partial charge in [0.05, 0.1) is 31.5 Å². The number of rotatable bonds is 5. The van der Waals surface area contributed by atoms with Crippen molar-refractivity contribution in [2.75, 3.05) is 65.0 Å². The molecule has 0 bridgehead atoms. The maximum atomic E-state index is 12.2. The summed E-state index contributed by atoms with van der Waals surface area (Å²) < 4.78 is 11.6. The van der Waals surface area contributed by atoms with E-state index in [1.165, 1.54) is 0 Å². The number of hydrogen-bond donors (Lipinski definition) is 1. The van der Waals surface area contributed by atoms with Crippen molar-refractivity contribution in [3.63, 3.8) is 0 Å². The zero-order chi connectivity index (χ0) is 22.8. The van der Waals surface area contributed by atoms with E-state index in [1.54, 1.807) is 25.2 Å². The lowest BCUT2D eigenvalue weighted by atomic mass is 10.1. The maximum absolute atomic E-state index is 12.2. The largest absolute Gasteiger partial charge is 0.463 e. The fourth-order valence-electron chi connectivity index (χ4n) is 4.22. The average molecular weight is 453 g/mol. The van der Waals surface area contributed by atoms with Gasteiger partial charge in [0.25, 0.3) is 0 Å². The van der Waals surface area contributed by atoms with Crippen molar-refractivity contribution >= 4 is 22.9 Å². The van der Waals surface area contributed by atoms with E-state index in [0.29, 0.717) is 57.2 Å². The van der Waals surface area contributed by atoms with Crippen molar-refractivity contribution in [1.29, 1.82) is 0 Å². The second-order valence-electron chi connectivity index (χ2n) is 8.57. The van der Waals surface area contributed by atoms with E-state index in [9.17, 15) is 4.79 Å². The van der Waals surface area contributed by atoms with Gasteiger partial charge in [0.15, 0.2) is 5.82 Å². The van der Waals surface area contributed by atoms with Gasteiger partial charge in [-0.2, -0.15) is 20.1 Å². The molecule has 2 fully saturated rings. The number of aromatic nitrogens is 5. The van der Waals surface area contributed by atoms with Gasteiger partial charge in [0, 0.05) is 57.1 Å². The van der Waals surface area contributed by atoms with E-state index < -0.39 is 0 Å². The molecule has 2 aliphatic heterocycles. The number of anilines is 1. The first-order chi connectivity index (χ1) is 16.1. The van der Waals surface area contributed by atoms with Crippen LogP contribution in [0.3, 0.4) is 0 Å². The highest BCUT2D eigenvalue weighted by molar-refractivity contribution is 5.92. The minimum absolute atomic E-state index is 0.0303. The molecule has 2 amide bonds. The van der Waals surface area contributed by atoms with E-state index in [0.717, 1.165) is 29.4 Å². The summed E-state index contributed by atoms with van der Waals surface area (Å²) in [4.78, 5) is 31.8. The molecule has 0 radical (unpaired) electrons. The van der Waals surface area contributed by atoms with Crippen molar-refractivity contribution in [3.05, 3.63) is 24.4 Å². The second-order valence-corrected chi connectivity index (χ2v) is 8.57. The molecule has 1 N–H and O–H groups in total. The monoisotopic (exact) mass is 452 g/mol. The van der Waals surface area contributed by atoms with E-state index in [-0.39, 0.29) is 11.9 Å². The smallest absolute Gasteiger partial charge is 0.321 e. The zero-order valence-electron chi connectivity index (χ0n) is 18.9. The van der Waals surface area contributed by atoms with Crippen molar-refractivity contribution < 1.29 is 14.3 Å². The molecule has 1 aromatic carbocycles. The van der Waals surface area contributed by atoms with E-state index in [4.69, 9.17) is 14.5 Å². The molecule has 1 atom stereocenters. The first kappa shape index (κ1) is 21.4. The predicted molar refractivity (Wildman–Crippen MR) is 122 cm³/mol. The number of morpholine rings is 1. The number of carbonyl (C=O) groups excluding carboxylic acids is 1. The average Bonchev–Trinajstić information content (AvgIpc) is 3.52. The summed E-state index contributed by atoms with van der Waals surface area (Å²) in [5, 5.41) is 8.09. The fraction of sp³-hybridized carbons (Fsp3) is 0.500. The number of ether oxygens (including phenoxy) is 2. The SMILES string of the molecule is CN(C)C(=O)N1CCC(COc2nc(-c3cccc4[nH]ncc34)nc(N3CCOCC3)n2)C1. The normalized spacial score (nSPS) is 18.7. The van der Waals surface area contributed by atoms with Crippen LogP contribution in [0.5, 0.6) is 6.01 Å². The van der Waals surface area contributed by atoms with Crippen molar-refractivity contribution in [2.45, 2.75) is 6.42 Å². The van der Waals surface area contributed by atoms with Gasteiger partial charge in [-0.3, -0.25) is 5.10 Å². The number of fused-ring (bicyclic) bond motifs is 1. The highest BCUT2D eigenvalue weighted by Gasteiger charge is 2.28. The van der Waals surface area contributed by atoms with Gasteiger partial charge in [-0.15, -0.1) is 0 Å². The quantitative estimate of drug-likeness (QED) is 0.622. The summed E-state index contributed by atoms with van der Waals surface area (Å²) in [6.45, 7) is 4.53. The molecule has 0 aliphatic carbocycles. The van der Waals surface area contributed by atoms with Crippen LogP contribution in [-0.2, 0) is 4.74 Å². The number of benzene rings is 1. The first-order valence-corrected chi connectivity index (χ1v) is 11.2. The molecule has 174 valence electrons. The molecule has 4 heterocycles. The Kier molecular flexibility index (Phi) is 5.95. The summed E-state index contributed by atoms with van der Waals surface area (Å²) >= 11 is 0. The molecule has 5 rings (SSSR count). The van der Waals surface area contributed by atoms with Gasteiger partial charge in [-0.05, 0) is 12.5 Å². The van der Waals surface area contributed by atoms with Crippen molar-refractivity contribution in [2.24, 2.45) is 5.92 Å². The molecule has 11 nitrogen and oxygen atoms in total. The van der Waals surface area contributed by atoms with Crippen LogP contribution in [0.2, 0.25) is 0 Å². The number of carbonyl (C=O) groups is 1. The zero-order valence-corrected chi connectivity index (χ0v) is 18.9. The van der Waals surface area contributed by atoms with Crippen LogP contribution >= 0.6 is 0 Å². The van der Waals surface area contributed by atoms with Gasteiger partial charge in [0.1, 0.15) is 0 Å². The van der Waals surface area contributed by atoms with Gasteiger partial charge in [-0.25, -0.2) is 4.79 Å². The molecular weight excluding hydrogens is 424 g/mol. The number of urea groups is 1. The summed E-state index contributed by atoms with van der Waals surface area (Å²) in [5.41, 5.74) is 1.78. The standard InChI is InChI=1S/C22H28N8O3/c1-28(2)22(31)30-7-6-15(13-30)14-33-21-25-19(16-4-3-5-18-17(16)12-23-27-18)24-20(26-21)29-8-10-32-11-9-29/h3-5,12,15H,6-11,13-14H2,1-2H3,(H,23,27). The molecule has 0 spiro atoms. The van der Waals surface area contributed by atoms with E-state index >= 15 is 0 Å². The Balaban J connectivity index is 1.39. The Morgan fingerprint density at radius 2 is 2.06 bits per heavy atom. The van der Waals surface area contributed by atoms with Crippen LogP contribution in [0.1, 0.15) is 6.42 Å². The lowest BCUT2D eigenvalue weighted by molar-refractivity contribution is 0.122. The van der Waals surface area contributed by atoms with Crippen LogP contribution in [0.15, 0.2) is 24.4 Å². The molecular formula is C22H28N8O3. The van der Waals surface area contributed by atoms with Gasteiger partial charge in [-0.1, -0.05) is 12.1 Å². The van der Waals surface area contributed by atoms with Crippen LogP contribution in [0.25, 0.3) is 22.3 Å². The minimum atomic E-state index is 0.0303. The van der Waals surface area contributed by atoms with Gasteiger partial charge < -0.3 is 24.2 Å². The number of H-pyrrole nitrogens is 1. The maximum Gasteiger partial charge on any atom is 0.321 e. The van der Waals surface area contributed by atoms with E-state index in [1.807, 2.05) is 23.1 Å². The number of hydrogen-bond acceptors (Lipinski definition) is 8. The molecule has 2 saturated heterocycles. The summed E-state index contributed by atoms with van der Waals surface area (Å²) in [6.07, 6.45) is 2.67. The summed E-state index contributed by atoms with van der Waals surface area (Å²) in [6, 6.07) is 6.21. The second kappa shape index (κ2) is 9.18. The predicted octanol–water partition coefficient (Wildman–Crippen LogP) is 1.63. The van der Waals surface area contributed by atoms with Gasteiger partial charge >= 0.3 is 12.0 Å². The molecule has 11 heteroatoms. The number of nitrogens with zero attached hydrogens (tertiary/aromatic N) is 7. The Morgan fingerprint density at radius 1 is 1.21 bits per heavy atom. The van der Waals surface area contributed by atoms with Crippen LogP contribution in [-0.4, -0.2) is 101 Å². The Hall–Kier alpha value is -3.47. The van der Waals surface area contributed by atoms with Crippen LogP contribution in [0, 0.1) is 5.92 Å². The van der Waals surface area contributed by atoms with Crippen LogP contribution < -0.4 is 9.64 Å². The molecule has 1 unspecified atom stereocenters. The van der Waals surface area contributed by atoms with E-state index in [2.05, 4.69) is 25.1 Å². The Labute approximate surface area is 191 Å². The third kappa shape index (κ3) is 4.54. The third-order valence-corrected chi connectivity index (χ3v) is 6.01. The molecule has 3 aromatic rings. The first-order valence-electron chi connectivity index (χ1n) is 11.2. The highest BCUT2D eigenvalue weighted by atomic mass is 16.5. The number of nitrogens with one attached hydrogen (secondary N) is 1.